The van der Waals surface area contributed by atoms with Gasteiger partial charge in [-0.05, 0) is 37.5 Å². The second-order valence-electron chi connectivity index (χ2n) is 4.42. The molecule has 1 aromatic carbocycles. The Labute approximate surface area is 110 Å². The highest BCUT2D eigenvalue weighted by atomic mass is 16.5. The van der Waals surface area contributed by atoms with Crippen molar-refractivity contribution in [3.8, 4) is 5.75 Å². The fraction of sp³-hybridized carbons (Fsp3) is 0.438. The van der Waals surface area contributed by atoms with Gasteiger partial charge in [0.1, 0.15) is 5.75 Å². The van der Waals surface area contributed by atoms with Crippen LogP contribution in [-0.2, 0) is 4.79 Å². The molecule has 0 amide bonds. The predicted molar refractivity (Wildman–Crippen MR) is 75.8 cm³/mol. The third-order valence-corrected chi connectivity index (χ3v) is 2.97. The largest absolute Gasteiger partial charge is 0.496 e. The number of ether oxygens (including phenoxy) is 1. The first-order chi connectivity index (χ1) is 8.69. The molecular formula is C16H22O2. The molecule has 0 aromatic heterocycles. The molecule has 0 aliphatic carbocycles. The molecule has 98 valence electrons. The molecule has 0 fully saturated rings. The summed E-state index contributed by atoms with van der Waals surface area (Å²) in [5, 5.41) is 0. The molecule has 0 heterocycles. The van der Waals surface area contributed by atoms with E-state index in [2.05, 4.69) is 6.92 Å². The zero-order valence-electron chi connectivity index (χ0n) is 11.5. The summed E-state index contributed by atoms with van der Waals surface area (Å²) in [5.74, 6) is 0.962. The molecule has 0 unspecified atom stereocenters. The Morgan fingerprint density at radius 1 is 1.28 bits per heavy atom. The lowest BCUT2D eigenvalue weighted by atomic mass is 10.0. The average Bonchev–Trinajstić information content (AvgIpc) is 2.38. The maximum atomic E-state index is 11.6. The summed E-state index contributed by atoms with van der Waals surface area (Å²) in [4.78, 5) is 11.6. The Kier molecular flexibility index (Phi) is 6.20. The summed E-state index contributed by atoms with van der Waals surface area (Å²) in [6, 6.07) is 7.77. The van der Waals surface area contributed by atoms with Gasteiger partial charge >= 0.3 is 0 Å². The van der Waals surface area contributed by atoms with Gasteiger partial charge in [0.15, 0.2) is 5.78 Å². The van der Waals surface area contributed by atoms with Crippen molar-refractivity contribution < 1.29 is 9.53 Å². The lowest BCUT2D eigenvalue weighted by molar-refractivity contribution is -0.113. The molecule has 2 heteroatoms. The average molecular weight is 246 g/mol. The van der Waals surface area contributed by atoms with Crippen molar-refractivity contribution in [3.63, 3.8) is 0 Å². The smallest absolute Gasteiger partial charge is 0.155 e. The molecule has 0 radical (unpaired) electrons. The number of para-hydroxylation sites is 1. The van der Waals surface area contributed by atoms with Crippen molar-refractivity contribution in [2.24, 2.45) is 0 Å². The van der Waals surface area contributed by atoms with Gasteiger partial charge in [-0.1, -0.05) is 38.0 Å². The SMILES string of the molecule is CCCCCC(=Cc1ccccc1OC)C(C)=O. The first-order valence-electron chi connectivity index (χ1n) is 6.53. The summed E-state index contributed by atoms with van der Waals surface area (Å²) in [6.07, 6.45) is 6.20. The summed E-state index contributed by atoms with van der Waals surface area (Å²) < 4.78 is 5.30. The van der Waals surface area contributed by atoms with Gasteiger partial charge in [-0.3, -0.25) is 4.79 Å². The lowest BCUT2D eigenvalue weighted by Gasteiger charge is -2.07. The standard InChI is InChI=1S/C16H22O2/c1-4-5-6-9-14(13(2)17)12-15-10-7-8-11-16(15)18-3/h7-8,10-12H,4-6,9H2,1-3H3. The molecule has 1 aromatic rings. The van der Waals surface area contributed by atoms with Crippen LogP contribution in [0.2, 0.25) is 0 Å². The van der Waals surface area contributed by atoms with Crippen LogP contribution in [-0.4, -0.2) is 12.9 Å². The van der Waals surface area contributed by atoms with Crippen molar-refractivity contribution in [3.05, 3.63) is 35.4 Å². The normalized spacial score (nSPS) is 11.4. The molecular weight excluding hydrogens is 224 g/mol. The Morgan fingerprint density at radius 3 is 2.61 bits per heavy atom. The molecule has 0 spiro atoms. The molecule has 0 atom stereocenters. The monoisotopic (exact) mass is 246 g/mol. The Hall–Kier alpha value is -1.57. The van der Waals surface area contributed by atoms with E-state index in [4.69, 9.17) is 4.74 Å². The van der Waals surface area contributed by atoms with Gasteiger partial charge in [0.25, 0.3) is 0 Å². The number of carbonyl (C=O) groups is 1. The molecule has 0 N–H and O–H groups in total. The number of benzene rings is 1. The number of rotatable bonds is 7. The number of unbranched alkanes of at least 4 members (excludes halogenated alkanes) is 2. The molecule has 0 bridgehead atoms. The number of allylic oxidation sites excluding steroid dienone is 1. The van der Waals surface area contributed by atoms with E-state index in [0.29, 0.717) is 0 Å². The van der Waals surface area contributed by atoms with Gasteiger partial charge in [0.05, 0.1) is 7.11 Å². The van der Waals surface area contributed by atoms with Crippen LogP contribution < -0.4 is 4.74 Å². The topological polar surface area (TPSA) is 26.3 Å². The minimum atomic E-state index is 0.150. The van der Waals surface area contributed by atoms with E-state index < -0.39 is 0 Å². The van der Waals surface area contributed by atoms with Crippen LogP contribution in [0.3, 0.4) is 0 Å². The third kappa shape index (κ3) is 4.36. The van der Waals surface area contributed by atoms with E-state index >= 15 is 0 Å². The summed E-state index contributed by atoms with van der Waals surface area (Å²) in [5.41, 5.74) is 1.86. The maximum Gasteiger partial charge on any atom is 0.155 e. The third-order valence-electron chi connectivity index (χ3n) is 2.97. The van der Waals surface area contributed by atoms with E-state index in [1.54, 1.807) is 14.0 Å². The Balaban J connectivity index is 2.90. The van der Waals surface area contributed by atoms with E-state index in [-0.39, 0.29) is 5.78 Å². The molecule has 0 aliphatic heterocycles. The second kappa shape index (κ2) is 7.70. The molecule has 0 saturated heterocycles. The molecule has 0 saturated carbocycles. The molecule has 0 aliphatic rings. The van der Waals surface area contributed by atoms with Crippen LogP contribution in [0.25, 0.3) is 6.08 Å². The Morgan fingerprint density at radius 2 is 2.00 bits per heavy atom. The van der Waals surface area contributed by atoms with E-state index in [1.165, 1.54) is 6.42 Å². The van der Waals surface area contributed by atoms with E-state index in [0.717, 1.165) is 36.1 Å². The minimum Gasteiger partial charge on any atom is -0.496 e. The summed E-state index contributed by atoms with van der Waals surface area (Å²) in [7, 11) is 1.65. The zero-order valence-corrected chi connectivity index (χ0v) is 11.5. The van der Waals surface area contributed by atoms with Crippen LogP contribution in [0.5, 0.6) is 5.75 Å². The maximum absolute atomic E-state index is 11.6. The number of carbonyl (C=O) groups excluding carboxylic acids is 1. The summed E-state index contributed by atoms with van der Waals surface area (Å²) in [6.45, 7) is 3.80. The van der Waals surface area contributed by atoms with Crippen LogP contribution in [0, 0.1) is 0 Å². The van der Waals surface area contributed by atoms with E-state index in [1.807, 2.05) is 30.3 Å². The fourth-order valence-corrected chi connectivity index (χ4v) is 1.89. The Bertz CT molecular complexity index is 419. The van der Waals surface area contributed by atoms with Gasteiger partial charge in [0.2, 0.25) is 0 Å². The highest BCUT2D eigenvalue weighted by molar-refractivity contribution is 5.98. The lowest BCUT2D eigenvalue weighted by Crippen LogP contribution is -1.97. The van der Waals surface area contributed by atoms with Gasteiger partial charge in [-0.15, -0.1) is 0 Å². The van der Waals surface area contributed by atoms with Crippen molar-refractivity contribution in [1.29, 1.82) is 0 Å². The number of Topliss-reactive ketones (excluding diaryl/α,β-unsaturated/α-hetero) is 1. The fourth-order valence-electron chi connectivity index (χ4n) is 1.89. The molecule has 1 rings (SSSR count). The minimum absolute atomic E-state index is 0.150. The summed E-state index contributed by atoms with van der Waals surface area (Å²) >= 11 is 0. The van der Waals surface area contributed by atoms with E-state index in [9.17, 15) is 4.79 Å². The molecule has 2 nitrogen and oxygen atoms in total. The number of hydrogen-bond acceptors (Lipinski definition) is 2. The number of hydrogen-bond donors (Lipinski definition) is 0. The zero-order chi connectivity index (χ0) is 13.4. The predicted octanol–water partition coefficient (Wildman–Crippen LogP) is 4.25. The van der Waals surface area contributed by atoms with Crippen molar-refractivity contribution in [1.82, 2.24) is 0 Å². The van der Waals surface area contributed by atoms with Gasteiger partial charge in [-0.2, -0.15) is 0 Å². The first-order valence-corrected chi connectivity index (χ1v) is 6.53. The van der Waals surface area contributed by atoms with Gasteiger partial charge in [0, 0.05) is 5.56 Å². The highest BCUT2D eigenvalue weighted by Gasteiger charge is 2.06. The number of ketones is 1. The van der Waals surface area contributed by atoms with Crippen LogP contribution >= 0.6 is 0 Å². The quantitative estimate of drug-likeness (QED) is 0.531. The van der Waals surface area contributed by atoms with Gasteiger partial charge in [-0.25, -0.2) is 0 Å². The van der Waals surface area contributed by atoms with Crippen molar-refractivity contribution >= 4 is 11.9 Å². The highest BCUT2D eigenvalue weighted by Crippen LogP contribution is 2.22. The van der Waals surface area contributed by atoms with Crippen molar-refractivity contribution in [2.45, 2.75) is 39.5 Å². The van der Waals surface area contributed by atoms with Crippen LogP contribution in [0.4, 0.5) is 0 Å². The molecule has 18 heavy (non-hydrogen) atoms. The van der Waals surface area contributed by atoms with Crippen molar-refractivity contribution in [2.75, 3.05) is 7.11 Å². The first kappa shape index (κ1) is 14.5. The van der Waals surface area contributed by atoms with Gasteiger partial charge < -0.3 is 4.74 Å². The van der Waals surface area contributed by atoms with Crippen LogP contribution in [0.1, 0.15) is 45.1 Å². The number of methoxy groups -OCH3 is 1. The van der Waals surface area contributed by atoms with Crippen LogP contribution in [0.15, 0.2) is 29.8 Å². The second-order valence-corrected chi connectivity index (χ2v) is 4.42.